The van der Waals surface area contributed by atoms with Crippen molar-refractivity contribution in [1.29, 1.82) is 0 Å². The molecule has 0 atom stereocenters. The van der Waals surface area contributed by atoms with Crippen molar-refractivity contribution in [2.45, 2.75) is 33.2 Å². The Morgan fingerprint density at radius 3 is 2.74 bits per heavy atom. The molecule has 1 heterocycles. The Labute approximate surface area is 143 Å². The molecule has 23 heavy (non-hydrogen) atoms. The van der Waals surface area contributed by atoms with Gasteiger partial charge in [0.25, 0.3) is 0 Å². The minimum absolute atomic E-state index is 0.859. The van der Waals surface area contributed by atoms with E-state index in [1.807, 2.05) is 14.0 Å². The van der Waals surface area contributed by atoms with E-state index in [0.717, 1.165) is 37.6 Å². The van der Waals surface area contributed by atoms with Gasteiger partial charge in [-0.15, -0.1) is 11.3 Å². The molecule has 124 valence electrons. The molecule has 2 aromatic rings. The molecular formula is C18H26N4S. The fraction of sp³-hybridized carbons (Fsp3) is 0.444. The first kappa shape index (κ1) is 17.5. The summed E-state index contributed by atoms with van der Waals surface area (Å²) in [6, 6.07) is 8.48. The minimum Gasteiger partial charge on any atom is -0.356 e. The van der Waals surface area contributed by atoms with Crippen LogP contribution in [-0.4, -0.2) is 36.5 Å². The number of aliphatic imine (C=N–C) groups is 1. The highest BCUT2D eigenvalue weighted by Gasteiger charge is 2.07. The lowest BCUT2D eigenvalue weighted by atomic mass is 10.1. The van der Waals surface area contributed by atoms with Gasteiger partial charge in [0.05, 0.1) is 5.01 Å². The van der Waals surface area contributed by atoms with Crippen molar-refractivity contribution in [1.82, 2.24) is 15.2 Å². The van der Waals surface area contributed by atoms with Gasteiger partial charge in [-0.1, -0.05) is 24.3 Å². The maximum absolute atomic E-state index is 4.50. The van der Waals surface area contributed by atoms with Crippen LogP contribution in [-0.2, 0) is 13.0 Å². The number of hydrogen-bond donors (Lipinski definition) is 1. The van der Waals surface area contributed by atoms with Gasteiger partial charge in [0.1, 0.15) is 0 Å². The zero-order chi connectivity index (χ0) is 16.7. The Bertz CT molecular complexity index is 648. The number of hydrogen-bond acceptors (Lipinski definition) is 3. The van der Waals surface area contributed by atoms with Crippen LogP contribution in [0.1, 0.15) is 28.2 Å². The maximum atomic E-state index is 4.50. The van der Waals surface area contributed by atoms with E-state index in [1.165, 1.54) is 16.1 Å². The van der Waals surface area contributed by atoms with Crippen molar-refractivity contribution < 1.29 is 0 Å². The van der Waals surface area contributed by atoms with Crippen LogP contribution in [0.2, 0.25) is 0 Å². The summed E-state index contributed by atoms with van der Waals surface area (Å²) in [6.07, 6.45) is 2.08. The van der Waals surface area contributed by atoms with Gasteiger partial charge in [-0.05, 0) is 31.4 Å². The summed E-state index contributed by atoms with van der Waals surface area (Å²) in [5.41, 5.74) is 3.76. The molecular weight excluding hydrogens is 304 g/mol. The van der Waals surface area contributed by atoms with Gasteiger partial charge >= 0.3 is 0 Å². The van der Waals surface area contributed by atoms with Crippen molar-refractivity contribution >= 4 is 17.3 Å². The minimum atomic E-state index is 0.859. The van der Waals surface area contributed by atoms with Crippen molar-refractivity contribution in [2.24, 2.45) is 4.99 Å². The Balaban J connectivity index is 1.79. The Kier molecular flexibility index (Phi) is 6.59. The summed E-state index contributed by atoms with van der Waals surface area (Å²) in [7, 11) is 3.91. The monoisotopic (exact) mass is 330 g/mol. The second kappa shape index (κ2) is 8.67. The van der Waals surface area contributed by atoms with Crippen LogP contribution in [0.3, 0.4) is 0 Å². The average Bonchev–Trinajstić information content (AvgIpc) is 2.95. The number of aromatic nitrogens is 1. The van der Waals surface area contributed by atoms with Crippen LogP contribution in [0.4, 0.5) is 0 Å². The molecule has 5 heteroatoms. The summed E-state index contributed by atoms with van der Waals surface area (Å²) in [5, 5.41) is 6.76. The van der Waals surface area contributed by atoms with Crippen LogP contribution >= 0.6 is 11.3 Å². The van der Waals surface area contributed by atoms with Gasteiger partial charge in [-0.2, -0.15) is 0 Å². The normalized spacial score (nSPS) is 11.6. The van der Waals surface area contributed by atoms with Gasteiger partial charge in [0.2, 0.25) is 0 Å². The highest BCUT2D eigenvalue weighted by Crippen LogP contribution is 2.11. The molecule has 1 aromatic carbocycles. The van der Waals surface area contributed by atoms with Gasteiger partial charge in [-0.25, -0.2) is 4.98 Å². The Hall–Kier alpha value is -1.88. The summed E-state index contributed by atoms with van der Waals surface area (Å²) in [4.78, 5) is 11.0. The Morgan fingerprint density at radius 1 is 1.30 bits per heavy atom. The van der Waals surface area contributed by atoms with E-state index in [2.05, 4.69) is 63.8 Å². The molecule has 0 aliphatic rings. The fourth-order valence-electron chi connectivity index (χ4n) is 2.46. The van der Waals surface area contributed by atoms with E-state index >= 15 is 0 Å². The van der Waals surface area contributed by atoms with Gasteiger partial charge in [-0.3, -0.25) is 4.99 Å². The Morgan fingerprint density at radius 2 is 2.09 bits per heavy atom. The molecule has 2 rings (SSSR count). The lowest BCUT2D eigenvalue weighted by Gasteiger charge is -2.23. The molecule has 1 aromatic heterocycles. The van der Waals surface area contributed by atoms with E-state index < -0.39 is 0 Å². The van der Waals surface area contributed by atoms with Crippen molar-refractivity contribution in [3.05, 3.63) is 51.5 Å². The second-order valence-electron chi connectivity index (χ2n) is 5.74. The molecule has 1 N–H and O–H groups in total. The molecule has 0 radical (unpaired) electrons. The summed E-state index contributed by atoms with van der Waals surface area (Å²) < 4.78 is 0. The number of benzene rings is 1. The average molecular weight is 331 g/mol. The molecule has 0 aliphatic heterocycles. The van der Waals surface area contributed by atoms with Crippen LogP contribution in [0.5, 0.6) is 0 Å². The third-order valence-electron chi connectivity index (χ3n) is 3.76. The number of guanidine groups is 1. The number of nitrogens with one attached hydrogen (secondary N) is 1. The van der Waals surface area contributed by atoms with E-state index in [1.54, 1.807) is 11.3 Å². The molecule has 0 spiro atoms. The standard InChI is InChI=1S/C18H26N4S/c1-14-8-5-6-9-16(14)12-22(4)18(19-3)20-11-7-10-17-21-15(2)13-23-17/h5-6,8-9,13H,7,10-12H2,1-4H3,(H,19,20). The van der Waals surface area contributed by atoms with E-state index in [0.29, 0.717) is 0 Å². The van der Waals surface area contributed by atoms with E-state index in [4.69, 9.17) is 0 Å². The number of nitrogens with zero attached hydrogens (tertiary/aromatic N) is 3. The molecule has 0 aliphatic carbocycles. The SMILES string of the molecule is CN=C(NCCCc1nc(C)cs1)N(C)Cc1ccccc1C. The number of aryl methyl sites for hydroxylation is 3. The molecule has 0 fully saturated rings. The maximum Gasteiger partial charge on any atom is 0.193 e. The first-order valence-corrected chi connectivity index (χ1v) is 8.85. The summed E-state index contributed by atoms with van der Waals surface area (Å²) >= 11 is 1.74. The highest BCUT2D eigenvalue weighted by molar-refractivity contribution is 7.09. The molecule has 0 amide bonds. The predicted molar refractivity (Wildman–Crippen MR) is 99.2 cm³/mol. The van der Waals surface area contributed by atoms with Gasteiger partial charge < -0.3 is 10.2 Å². The molecule has 0 unspecified atom stereocenters. The molecule has 0 saturated carbocycles. The molecule has 4 nitrogen and oxygen atoms in total. The molecule has 0 saturated heterocycles. The van der Waals surface area contributed by atoms with E-state index in [9.17, 15) is 0 Å². The predicted octanol–water partition coefficient (Wildman–Crippen LogP) is 3.40. The zero-order valence-electron chi connectivity index (χ0n) is 14.5. The first-order chi connectivity index (χ1) is 11.1. The molecule has 0 bridgehead atoms. The largest absolute Gasteiger partial charge is 0.356 e. The van der Waals surface area contributed by atoms with Crippen LogP contribution in [0, 0.1) is 13.8 Å². The lowest BCUT2D eigenvalue weighted by molar-refractivity contribution is 0.474. The topological polar surface area (TPSA) is 40.5 Å². The highest BCUT2D eigenvalue weighted by atomic mass is 32.1. The number of thiazole rings is 1. The van der Waals surface area contributed by atoms with Gasteiger partial charge in [0, 0.05) is 44.7 Å². The third kappa shape index (κ3) is 5.36. The lowest BCUT2D eigenvalue weighted by Crippen LogP contribution is -2.39. The zero-order valence-corrected chi connectivity index (χ0v) is 15.3. The number of rotatable bonds is 6. The van der Waals surface area contributed by atoms with Crippen LogP contribution in [0.25, 0.3) is 0 Å². The summed E-state index contributed by atoms with van der Waals surface area (Å²) in [6.45, 7) is 5.96. The van der Waals surface area contributed by atoms with Crippen LogP contribution < -0.4 is 5.32 Å². The third-order valence-corrected chi connectivity index (χ3v) is 4.79. The fourth-order valence-corrected chi connectivity index (χ4v) is 3.28. The van der Waals surface area contributed by atoms with Gasteiger partial charge in [0.15, 0.2) is 5.96 Å². The van der Waals surface area contributed by atoms with Crippen LogP contribution in [0.15, 0.2) is 34.6 Å². The van der Waals surface area contributed by atoms with E-state index in [-0.39, 0.29) is 0 Å². The quantitative estimate of drug-likeness (QED) is 0.501. The summed E-state index contributed by atoms with van der Waals surface area (Å²) in [5.74, 6) is 0.934. The smallest absolute Gasteiger partial charge is 0.193 e. The first-order valence-electron chi connectivity index (χ1n) is 7.97. The van der Waals surface area contributed by atoms with Crippen molar-refractivity contribution in [3.8, 4) is 0 Å². The van der Waals surface area contributed by atoms with Crippen molar-refractivity contribution in [2.75, 3.05) is 20.6 Å². The van der Waals surface area contributed by atoms with Crippen molar-refractivity contribution in [3.63, 3.8) is 0 Å². The second-order valence-corrected chi connectivity index (χ2v) is 6.69.